The topological polar surface area (TPSA) is 156 Å². The summed E-state index contributed by atoms with van der Waals surface area (Å²) >= 11 is 0. The summed E-state index contributed by atoms with van der Waals surface area (Å²) in [5.74, 6) is 0. The molecule has 0 saturated heterocycles. The predicted molar refractivity (Wildman–Crippen MR) is 64.3 cm³/mol. The lowest BCUT2D eigenvalue weighted by atomic mass is 10.4. The molecule has 0 aliphatic heterocycles. The number of quaternary nitrogens is 1. The minimum atomic E-state index is -4.67. The van der Waals surface area contributed by atoms with Crippen LogP contribution in [0.15, 0.2) is 0 Å². The molecule has 6 N–H and O–H groups in total. The van der Waals surface area contributed by atoms with E-state index in [-0.39, 0.29) is 19.8 Å². The number of likely N-dealkylation sites (N-methyl/N-ethyl adjacent to an activating group) is 1. The van der Waals surface area contributed by atoms with Gasteiger partial charge >= 0.3 is 10.4 Å². The first kappa shape index (κ1) is 22.8. The number of hydrogen-bond donors (Lipinski definition) is 6. The monoisotopic (exact) mass is 294 g/mol. The summed E-state index contributed by atoms with van der Waals surface area (Å²) in [4.78, 5) is 0. The van der Waals surface area contributed by atoms with Gasteiger partial charge in [-0.1, -0.05) is 0 Å². The lowest BCUT2D eigenvalue weighted by Crippen LogP contribution is -2.36. The van der Waals surface area contributed by atoms with Crippen molar-refractivity contribution >= 4 is 10.4 Å². The van der Waals surface area contributed by atoms with Crippen LogP contribution in [0, 0.1) is 0 Å². The van der Waals surface area contributed by atoms with Crippen LogP contribution in [-0.4, -0.2) is 96.0 Å². The summed E-state index contributed by atoms with van der Waals surface area (Å²) in [7, 11) is 1.49. The van der Waals surface area contributed by atoms with Gasteiger partial charge in [0, 0.05) is 0 Å². The van der Waals surface area contributed by atoms with Crippen molar-refractivity contribution in [3.8, 4) is 0 Å². The Labute approximate surface area is 107 Å². The molecule has 0 fully saturated rings. The maximum atomic E-state index is 8.74. The zero-order valence-corrected chi connectivity index (χ0v) is 11.6. The fourth-order valence-corrected chi connectivity index (χ4v) is 0.358. The summed E-state index contributed by atoms with van der Waals surface area (Å²) in [6, 6.07) is 0. The van der Waals surface area contributed by atoms with Crippen LogP contribution in [-0.2, 0) is 10.4 Å². The molecule has 9 nitrogen and oxygen atoms in total. The highest BCUT2D eigenvalue weighted by Crippen LogP contribution is 1.84. The van der Waals surface area contributed by atoms with Gasteiger partial charge in [-0.25, -0.2) is 0 Å². The van der Waals surface area contributed by atoms with Gasteiger partial charge in [-0.05, 0) is 0 Å². The quantitative estimate of drug-likeness (QED) is 0.243. The van der Waals surface area contributed by atoms with Crippen LogP contribution in [0.3, 0.4) is 0 Å². The van der Waals surface area contributed by atoms with Crippen molar-refractivity contribution in [2.45, 2.75) is 6.10 Å². The fourth-order valence-electron chi connectivity index (χ4n) is 0.358. The van der Waals surface area contributed by atoms with Crippen LogP contribution in [0.5, 0.6) is 0 Å². The smallest absolute Gasteiger partial charge is 0.394 e. The molecule has 0 amide bonds. The SMILES string of the molecule is C[N+](C)(C)CCO.O=S(=O)(O)O.OCC(O)CO. The Morgan fingerprint density at radius 2 is 1.28 bits per heavy atom. The number of hydrogen-bond acceptors (Lipinski definition) is 6. The largest absolute Gasteiger partial charge is 0.394 e. The number of rotatable bonds is 4. The Bertz CT molecular complexity index is 249. The van der Waals surface area contributed by atoms with Crippen molar-refractivity contribution in [3.63, 3.8) is 0 Å². The van der Waals surface area contributed by atoms with E-state index in [2.05, 4.69) is 21.1 Å². The fraction of sp³-hybridized carbons (Fsp3) is 1.00. The molecule has 0 unspecified atom stereocenters. The van der Waals surface area contributed by atoms with Gasteiger partial charge in [-0.2, -0.15) is 8.42 Å². The molecule has 114 valence electrons. The third kappa shape index (κ3) is 57.3. The highest BCUT2D eigenvalue weighted by Gasteiger charge is 2.02. The maximum absolute atomic E-state index is 8.74. The van der Waals surface area contributed by atoms with E-state index in [1.807, 2.05) is 0 Å². The van der Waals surface area contributed by atoms with E-state index in [4.69, 9.17) is 37.9 Å². The molecule has 0 aromatic rings. The molecule has 10 heteroatoms. The Kier molecular flexibility index (Phi) is 14.9. The van der Waals surface area contributed by atoms with Crippen LogP contribution in [0.1, 0.15) is 0 Å². The van der Waals surface area contributed by atoms with Crippen molar-refractivity contribution < 1.29 is 42.4 Å². The molecule has 0 bridgehead atoms. The molecular formula is C8H24NO8S+. The predicted octanol–water partition coefficient (Wildman–Crippen LogP) is -2.64. The van der Waals surface area contributed by atoms with Crippen LogP contribution in [0.25, 0.3) is 0 Å². The third-order valence-electron chi connectivity index (χ3n) is 1.19. The standard InChI is InChI=1S/C5H14NO.C3H8O3.H2O4S/c1-6(2,3)4-5-7;4-1-3(6)2-5;1-5(2,3)4/h7H,4-5H2,1-3H3;3-6H,1-2H2;(H2,1,2,3,4)/q+1;;. The molecule has 0 aromatic heterocycles. The molecule has 0 spiro atoms. The molecule has 0 aliphatic carbocycles. The van der Waals surface area contributed by atoms with E-state index in [1.54, 1.807) is 0 Å². The molecule has 0 atom stereocenters. The van der Waals surface area contributed by atoms with E-state index in [9.17, 15) is 0 Å². The van der Waals surface area contributed by atoms with Gasteiger partial charge in [-0.15, -0.1) is 0 Å². The van der Waals surface area contributed by atoms with Crippen LogP contribution in [0.2, 0.25) is 0 Å². The van der Waals surface area contributed by atoms with E-state index in [1.165, 1.54) is 0 Å². The van der Waals surface area contributed by atoms with E-state index in [0.717, 1.165) is 11.0 Å². The average molecular weight is 294 g/mol. The highest BCUT2D eigenvalue weighted by atomic mass is 32.3. The first-order valence-corrected chi connectivity index (χ1v) is 6.28. The van der Waals surface area contributed by atoms with Crippen molar-refractivity contribution in [3.05, 3.63) is 0 Å². The van der Waals surface area contributed by atoms with Crippen LogP contribution in [0.4, 0.5) is 0 Å². The molecule has 0 aliphatic rings. The average Bonchev–Trinajstić information content (AvgIpc) is 2.13. The Hall–Kier alpha value is -0.330. The second kappa shape index (κ2) is 11.7. The van der Waals surface area contributed by atoms with Gasteiger partial charge in [0.2, 0.25) is 0 Å². The Balaban J connectivity index is -0.000000190. The molecule has 18 heavy (non-hydrogen) atoms. The van der Waals surface area contributed by atoms with Gasteiger partial charge in [-0.3, -0.25) is 9.11 Å². The van der Waals surface area contributed by atoms with Crippen LogP contribution >= 0.6 is 0 Å². The summed E-state index contributed by atoms with van der Waals surface area (Å²) in [5, 5.41) is 32.4. The zero-order chi connectivity index (χ0) is 15.4. The van der Waals surface area contributed by atoms with Crippen molar-refractivity contribution in [2.24, 2.45) is 0 Å². The van der Waals surface area contributed by atoms with Gasteiger partial charge in [0.25, 0.3) is 0 Å². The van der Waals surface area contributed by atoms with Crippen molar-refractivity contribution in [2.75, 3.05) is 47.5 Å². The third-order valence-corrected chi connectivity index (χ3v) is 1.19. The van der Waals surface area contributed by atoms with Gasteiger partial charge in [0.15, 0.2) is 0 Å². The summed E-state index contributed by atoms with van der Waals surface area (Å²) in [6.07, 6.45) is -0.954. The Morgan fingerprint density at radius 1 is 1.00 bits per heavy atom. The number of aliphatic hydroxyl groups is 4. The summed E-state index contributed by atoms with van der Waals surface area (Å²) < 4.78 is 32.4. The zero-order valence-electron chi connectivity index (χ0n) is 10.8. The molecule has 0 aromatic carbocycles. The van der Waals surface area contributed by atoms with Crippen molar-refractivity contribution in [1.82, 2.24) is 0 Å². The molecule has 0 heterocycles. The van der Waals surface area contributed by atoms with E-state index >= 15 is 0 Å². The highest BCUT2D eigenvalue weighted by molar-refractivity contribution is 7.79. The van der Waals surface area contributed by atoms with Gasteiger partial charge in [0.05, 0.1) is 41.0 Å². The number of nitrogens with zero attached hydrogens (tertiary/aromatic N) is 1. The second-order valence-electron chi connectivity index (χ2n) is 4.20. The Morgan fingerprint density at radius 3 is 1.28 bits per heavy atom. The summed E-state index contributed by atoms with van der Waals surface area (Å²) in [6.45, 7) is 0.385. The first-order chi connectivity index (χ1) is 7.87. The van der Waals surface area contributed by atoms with Crippen LogP contribution < -0.4 is 0 Å². The lowest BCUT2D eigenvalue weighted by molar-refractivity contribution is -0.870. The van der Waals surface area contributed by atoms with E-state index < -0.39 is 16.5 Å². The minimum absolute atomic E-state index is 0.281. The second-order valence-corrected chi connectivity index (χ2v) is 5.10. The van der Waals surface area contributed by atoms with Crippen molar-refractivity contribution in [1.29, 1.82) is 0 Å². The molecule has 0 saturated carbocycles. The first-order valence-electron chi connectivity index (χ1n) is 4.88. The van der Waals surface area contributed by atoms with Gasteiger partial charge in [0.1, 0.15) is 12.6 Å². The molecule has 0 rings (SSSR count). The lowest BCUT2D eigenvalue weighted by Gasteiger charge is -2.21. The van der Waals surface area contributed by atoms with Gasteiger partial charge < -0.3 is 24.9 Å². The molecule has 0 radical (unpaired) electrons. The molecular weight excluding hydrogens is 270 g/mol. The minimum Gasteiger partial charge on any atom is -0.394 e. The maximum Gasteiger partial charge on any atom is 0.394 e. The number of aliphatic hydroxyl groups excluding tert-OH is 4. The summed E-state index contributed by atoms with van der Waals surface area (Å²) in [5.41, 5.74) is 0. The normalized spacial score (nSPS) is 11.2. The van der Waals surface area contributed by atoms with E-state index in [0.29, 0.717) is 0 Å².